The third kappa shape index (κ3) is 3.82. The van der Waals surface area contributed by atoms with Gasteiger partial charge in [0.05, 0.1) is 0 Å². The Morgan fingerprint density at radius 2 is 1.66 bits per heavy atom. The third-order valence-corrected chi connectivity index (χ3v) is 5.22. The van der Waals surface area contributed by atoms with Crippen LogP contribution in [0.3, 0.4) is 0 Å². The van der Waals surface area contributed by atoms with Gasteiger partial charge in [0.25, 0.3) is 0 Å². The molecule has 2 aliphatic heterocycles. The summed E-state index contributed by atoms with van der Waals surface area (Å²) in [4.78, 5) is 14.3. The lowest BCUT2D eigenvalue weighted by Crippen LogP contribution is -2.44. The Morgan fingerprint density at radius 3 is 2.48 bits per heavy atom. The van der Waals surface area contributed by atoms with Crippen molar-refractivity contribution in [3.8, 4) is 22.9 Å². The number of ether oxygens (including phenoxy) is 2. The minimum absolute atomic E-state index is 0.262. The van der Waals surface area contributed by atoms with E-state index in [1.165, 1.54) is 0 Å². The second-order valence-electron chi connectivity index (χ2n) is 7.28. The van der Waals surface area contributed by atoms with Crippen molar-refractivity contribution in [2.24, 2.45) is 0 Å². The predicted molar refractivity (Wildman–Crippen MR) is 113 cm³/mol. The van der Waals surface area contributed by atoms with Crippen LogP contribution in [0.15, 0.2) is 54.6 Å². The summed E-state index contributed by atoms with van der Waals surface area (Å²) in [5, 5.41) is 3.41. The van der Waals surface area contributed by atoms with E-state index >= 15 is 0 Å². The monoisotopic (exact) mass is 389 g/mol. The van der Waals surface area contributed by atoms with Crippen molar-refractivity contribution < 1.29 is 9.47 Å². The number of nitrogens with one attached hydrogen (secondary N) is 1. The molecule has 0 aliphatic carbocycles. The highest BCUT2D eigenvalue weighted by Gasteiger charge is 2.18. The van der Waals surface area contributed by atoms with Crippen LogP contribution < -0.4 is 19.7 Å². The van der Waals surface area contributed by atoms with Gasteiger partial charge in [-0.3, -0.25) is 0 Å². The van der Waals surface area contributed by atoms with Gasteiger partial charge in [0, 0.05) is 49.6 Å². The Labute approximate surface area is 169 Å². The Bertz CT molecular complexity index is 1000. The van der Waals surface area contributed by atoms with Crippen molar-refractivity contribution >= 4 is 17.3 Å². The second kappa shape index (κ2) is 7.60. The van der Waals surface area contributed by atoms with Crippen LogP contribution in [0.25, 0.3) is 11.4 Å². The van der Waals surface area contributed by atoms with Crippen molar-refractivity contribution in [3.05, 3.63) is 54.6 Å². The standard InChI is InChI=1S/C22H23N5O2/c1-26-9-11-27(12-10-26)21-14-20(24-22(25-21)16-5-3-2-4-6-16)23-17-7-8-18-19(13-17)29-15-28-18/h2-8,13-14H,9-12,15H2,1H3,(H,23,24,25). The molecular weight excluding hydrogens is 366 g/mol. The highest BCUT2D eigenvalue weighted by molar-refractivity contribution is 5.67. The molecule has 3 aromatic rings. The Kier molecular flexibility index (Phi) is 4.65. The lowest BCUT2D eigenvalue weighted by Gasteiger charge is -2.33. The van der Waals surface area contributed by atoms with Crippen molar-refractivity contribution in [3.63, 3.8) is 0 Å². The topological polar surface area (TPSA) is 62.8 Å². The molecule has 0 amide bonds. The number of piperazine rings is 1. The maximum absolute atomic E-state index is 5.49. The summed E-state index contributed by atoms with van der Waals surface area (Å²) in [5.74, 6) is 3.92. The van der Waals surface area contributed by atoms with Crippen molar-refractivity contribution in [2.45, 2.75) is 0 Å². The molecule has 0 saturated carbocycles. The van der Waals surface area contributed by atoms with Gasteiger partial charge >= 0.3 is 0 Å². The van der Waals surface area contributed by atoms with E-state index in [-0.39, 0.29) is 6.79 Å². The summed E-state index contributed by atoms with van der Waals surface area (Å²) in [6.07, 6.45) is 0. The molecule has 2 aromatic carbocycles. The van der Waals surface area contributed by atoms with Gasteiger partial charge in [-0.1, -0.05) is 30.3 Å². The predicted octanol–water partition coefficient (Wildman–Crippen LogP) is 3.37. The van der Waals surface area contributed by atoms with Gasteiger partial charge in [-0.25, -0.2) is 9.97 Å². The lowest BCUT2D eigenvalue weighted by molar-refractivity contribution is 0.174. The Hall–Kier alpha value is -3.32. The van der Waals surface area contributed by atoms with Crippen LogP contribution in [0.2, 0.25) is 0 Å². The fourth-order valence-electron chi connectivity index (χ4n) is 3.53. The molecule has 7 nitrogen and oxygen atoms in total. The van der Waals surface area contributed by atoms with Gasteiger partial charge < -0.3 is 24.6 Å². The normalized spacial score (nSPS) is 16.1. The zero-order valence-corrected chi connectivity index (χ0v) is 16.3. The van der Waals surface area contributed by atoms with E-state index in [1.807, 2.05) is 54.6 Å². The van der Waals surface area contributed by atoms with Gasteiger partial charge in [0.1, 0.15) is 11.6 Å². The summed E-state index contributed by atoms with van der Waals surface area (Å²) in [7, 11) is 2.15. The molecule has 1 saturated heterocycles. The van der Waals surface area contributed by atoms with Crippen LogP contribution in [0.1, 0.15) is 0 Å². The molecule has 29 heavy (non-hydrogen) atoms. The van der Waals surface area contributed by atoms with E-state index in [0.717, 1.165) is 60.6 Å². The first-order valence-electron chi connectivity index (χ1n) is 9.79. The molecule has 1 aromatic heterocycles. The summed E-state index contributed by atoms with van der Waals surface area (Å²) in [6, 6.07) is 17.9. The van der Waals surface area contributed by atoms with E-state index in [0.29, 0.717) is 5.82 Å². The molecule has 0 radical (unpaired) electrons. The highest BCUT2D eigenvalue weighted by atomic mass is 16.7. The van der Waals surface area contributed by atoms with Crippen LogP contribution in [0.4, 0.5) is 17.3 Å². The van der Waals surface area contributed by atoms with Crippen LogP contribution in [-0.2, 0) is 0 Å². The van der Waals surface area contributed by atoms with E-state index in [2.05, 4.69) is 22.2 Å². The van der Waals surface area contributed by atoms with Gasteiger partial charge in [-0.05, 0) is 19.2 Å². The maximum Gasteiger partial charge on any atom is 0.231 e. The summed E-state index contributed by atoms with van der Waals surface area (Å²) in [5.41, 5.74) is 1.90. The van der Waals surface area contributed by atoms with Crippen LogP contribution >= 0.6 is 0 Å². The maximum atomic E-state index is 5.49. The van der Waals surface area contributed by atoms with Crippen molar-refractivity contribution in [2.75, 3.05) is 50.2 Å². The van der Waals surface area contributed by atoms with Gasteiger partial charge in [0.2, 0.25) is 6.79 Å². The summed E-state index contributed by atoms with van der Waals surface area (Å²) in [6.45, 7) is 4.21. The first-order valence-corrected chi connectivity index (χ1v) is 9.79. The molecule has 7 heteroatoms. The number of nitrogens with zero attached hydrogens (tertiary/aromatic N) is 4. The molecule has 1 fully saturated rings. The minimum atomic E-state index is 0.262. The van der Waals surface area contributed by atoms with Crippen LogP contribution in [0, 0.1) is 0 Å². The quantitative estimate of drug-likeness (QED) is 0.734. The second-order valence-corrected chi connectivity index (χ2v) is 7.28. The van der Waals surface area contributed by atoms with Crippen molar-refractivity contribution in [1.82, 2.24) is 14.9 Å². The molecule has 5 rings (SSSR count). The lowest BCUT2D eigenvalue weighted by atomic mass is 10.2. The van der Waals surface area contributed by atoms with Gasteiger partial charge in [-0.15, -0.1) is 0 Å². The van der Waals surface area contributed by atoms with Crippen molar-refractivity contribution in [1.29, 1.82) is 0 Å². The van der Waals surface area contributed by atoms with E-state index in [9.17, 15) is 0 Å². The molecule has 0 spiro atoms. The summed E-state index contributed by atoms with van der Waals surface area (Å²) >= 11 is 0. The van der Waals surface area contributed by atoms with E-state index < -0.39 is 0 Å². The number of aromatic nitrogens is 2. The number of likely N-dealkylation sites (N-methyl/N-ethyl adjacent to an activating group) is 1. The minimum Gasteiger partial charge on any atom is -0.454 e. The highest BCUT2D eigenvalue weighted by Crippen LogP contribution is 2.35. The number of hydrogen-bond acceptors (Lipinski definition) is 7. The molecule has 1 N–H and O–H groups in total. The third-order valence-electron chi connectivity index (χ3n) is 5.22. The zero-order chi connectivity index (χ0) is 19.6. The Balaban J connectivity index is 1.49. The molecule has 3 heterocycles. The largest absolute Gasteiger partial charge is 0.454 e. The van der Waals surface area contributed by atoms with Crippen LogP contribution in [-0.4, -0.2) is 54.9 Å². The number of anilines is 3. The molecule has 148 valence electrons. The van der Waals surface area contributed by atoms with Gasteiger partial charge in [0.15, 0.2) is 17.3 Å². The number of benzene rings is 2. The van der Waals surface area contributed by atoms with E-state index in [4.69, 9.17) is 19.4 Å². The molecular formula is C22H23N5O2. The van der Waals surface area contributed by atoms with Gasteiger partial charge in [-0.2, -0.15) is 0 Å². The fourth-order valence-corrected chi connectivity index (χ4v) is 3.53. The fraction of sp³-hybridized carbons (Fsp3) is 0.273. The Morgan fingerprint density at radius 1 is 0.862 bits per heavy atom. The first kappa shape index (κ1) is 17.8. The van der Waals surface area contributed by atoms with E-state index in [1.54, 1.807) is 0 Å². The molecule has 0 bridgehead atoms. The average Bonchev–Trinajstić information content (AvgIpc) is 3.23. The average molecular weight is 389 g/mol. The van der Waals surface area contributed by atoms with Crippen LogP contribution in [0.5, 0.6) is 11.5 Å². The first-order chi connectivity index (χ1) is 14.2. The molecule has 2 aliphatic rings. The number of hydrogen-bond donors (Lipinski definition) is 1. The number of rotatable bonds is 4. The zero-order valence-electron chi connectivity index (χ0n) is 16.3. The SMILES string of the molecule is CN1CCN(c2cc(Nc3ccc4c(c3)OCO4)nc(-c3ccccc3)n2)CC1. The molecule has 0 unspecified atom stereocenters. The molecule has 0 atom stereocenters. The number of fused-ring (bicyclic) bond motifs is 1. The summed E-state index contributed by atoms with van der Waals surface area (Å²) < 4.78 is 10.9. The smallest absolute Gasteiger partial charge is 0.231 e.